The Balaban J connectivity index is 2.53. The Bertz CT molecular complexity index is 652. The Morgan fingerprint density at radius 3 is 2.72 bits per heavy atom. The number of carbonyl (C=O) groups is 1. The van der Waals surface area contributed by atoms with Gasteiger partial charge in [-0.3, -0.25) is 14.8 Å². The van der Waals surface area contributed by atoms with Crippen molar-refractivity contribution in [3.8, 4) is 0 Å². The SMILES string of the molecule is CN(N)C(=O)C(C)(C)c1ccc2oc(=O)[nH]c2c1. The molecule has 0 aliphatic carbocycles. The topological polar surface area (TPSA) is 92.3 Å². The van der Waals surface area contributed by atoms with Crippen LogP contribution in [-0.2, 0) is 10.2 Å². The quantitative estimate of drug-likeness (QED) is 0.466. The number of H-pyrrole nitrogens is 1. The van der Waals surface area contributed by atoms with E-state index in [9.17, 15) is 9.59 Å². The molecular weight excluding hydrogens is 234 g/mol. The number of nitrogens with zero attached hydrogens (tertiary/aromatic N) is 1. The molecule has 0 radical (unpaired) electrons. The average Bonchev–Trinajstić information content (AvgIpc) is 2.66. The molecule has 0 saturated carbocycles. The van der Waals surface area contributed by atoms with Gasteiger partial charge in [-0.2, -0.15) is 0 Å². The number of fused-ring (bicyclic) bond motifs is 1. The zero-order valence-corrected chi connectivity index (χ0v) is 10.5. The first kappa shape index (κ1) is 12.4. The van der Waals surface area contributed by atoms with Crippen molar-refractivity contribution in [3.63, 3.8) is 0 Å². The Kier molecular flexibility index (Phi) is 2.74. The molecule has 1 aromatic carbocycles. The Hall–Kier alpha value is -2.08. The first-order chi connectivity index (χ1) is 8.32. The van der Waals surface area contributed by atoms with Crippen LogP contribution < -0.4 is 11.6 Å². The number of benzene rings is 1. The molecule has 2 aromatic rings. The van der Waals surface area contributed by atoms with Crippen molar-refractivity contribution in [2.45, 2.75) is 19.3 Å². The van der Waals surface area contributed by atoms with Crippen LogP contribution in [0.15, 0.2) is 27.4 Å². The van der Waals surface area contributed by atoms with Crippen molar-refractivity contribution >= 4 is 17.0 Å². The molecule has 0 fully saturated rings. The van der Waals surface area contributed by atoms with E-state index in [2.05, 4.69) is 4.98 Å². The third-order valence-electron chi connectivity index (χ3n) is 3.00. The van der Waals surface area contributed by atoms with Gasteiger partial charge in [0.25, 0.3) is 0 Å². The summed E-state index contributed by atoms with van der Waals surface area (Å²) >= 11 is 0. The van der Waals surface area contributed by atoms with E-state index in [1.54, 1.807) is 32.0 Å². The molecule has 3 N–H and O–H groups in total. The molecule has 0 aliphatic rings. The Morgan fingerprint density at radius 1 is 1.44 bits per heavy atom. The molecule has 0 aliphatic heterocycles. The van der Waals surface area contributed by atoms with Gasteiger partial charge in [-0.1, -0.05) is 6.07 Å². The van der Waals surface area contributed by atoms with Crippen LogP contribution in [0.1, 0.15) is 19.4 Å². The van der Waals surface area contributed by atoms with Crippen molar-refractivity contribution in [1.29, 1.82) is 0 Å². The van der Waals surface area contributed by atoms with E-state index in [1.807, 2.05) is 0 Å². The average molecular weight is 249 g/mol. The summed E-state index contributed by atoms with van der Waals surface area (Å²) in [5.41, 5.74) is 1.02. The molecule has 0 unspecified atom stereocenters. The number of hydrazine groups is 1. The third-order valence-corrected chi connectivity index (χ3v) is 3.00. The summed E-state index contributed by atoms with van der Waals surface area (Å²) in [6.07, 6.45) is 0. The van der Waals surface area contributed by atoms with Gasteiger partial charge in [-0.05, 0) is 31.5 Å². The van der Waals surface area contributed by atoms with E-state index in [4.69, 9.17) is 10.3 Å². The van der Waals surface area contributed by atoms with Crippen molar-refractivity contribution in [2.24, 2.45) is 5.84 Å². The van der Waals surface area contributed by atoms with Crippen LogP contribution in [0.5, 0.6) is 0 Å². The number of hydrogen-bond acceptors (Lipinski definition) is 4. The fourth-order valence-electron chi connectivity index (χ4n) is 1.91. The number of rotatable bonds is 2. The van der Waals surface area contributed by atoms with Crippen LogP contribution in [0.3, 0.4) is 0 Å². The van der Waals surface area contributed by atoms with Gasteiger partial charge in [0, 0.05) is 7.05 Å². The zero-order chi connectivity index (χ0) is 13.5. The minimum atomic E-state index is -0.772. The van der Waals surface area contributed by atoms with E-state index in [1.165, 1.54) is 7.05 Å². The second-order valence-electron chi connectivity index (χ2n) is 4.77. The highest BCUT2D eigenvalue weighted by molar-refractivity contribution is 5.88. The first-order valence-corrected chi connectivity index (χ1v) is 5.48. The van der Waals surface area contributed by atoms with E-state index in [0.717, 1.165) is 10.6 Å². The fourth-order valence-corrected chi connectivity index (χ4v) is 1.91. The normalized spacial score (nSPS) is 11.8. The van der Waals surface area contributed by atoms with Gasteiger partial charge in [-0.15, -0.1) is 0 Å². The lowest BCUT2D eigenvalue weighted by Gasteiger charge is -2.27. The molecule has 1 amide bonds. The summed E-state index contributed by atoms with van der Waals surface area (Å²) in [6.45, 7) is 3.55. The van der Waals surface area contributed by atoms with Crippen molar-refractivity contribution in [1.82, 2.24) is 9.99 Å². The second-order valence-corrected chi connectivity index (χ2v) is 4.77. The highest BCUT2D eigenvalue weighted by atomic mass is 16.4. The lowest BCUT2D eigenvalue weighted by molar-refractivity contribution is -0.135. The van der Waals surface area contributed by atoms with E-state index < -0.39 is 11.2 Å². The summed E-state index contributed by atoms with van der Waals surface area (Å²) in [5.74, 6) is 4.76. The molecule has 6 nitrogen and oxygen atoms in total. The summed E-state index contributed by atoms with van der Waals surface area (Å²) < 4.78 is 4.91. The maximum absolute atomic E-state index is 12.0. The number of aromatic amines is 1. The van der Waals surface area contributed by atoms with Gasteiger partial charge >= 0.3 is 5.76 Å². The van der Waals surface area contributed by atoms with Crippen LogP contribution in [0, 0.1) is 0 Å². The zero-order valence-electron chi connectivity index (χ0n) is 10.5. The number of oxazole rings is 1. The number of amides is 1. The highest BCUT2D eigenvalue weighted by Crippen LogP contribution is 2.27. The van der Waals surface area contributed by atoms with Crippen LogP contribution >= 0.6 is 0 Å². The van der Waals surface area contributed by atoms with E-state index in [0.29, 0.717) is 11.1 Å². The molecule has 1 heterocycles. The van der Waals surface area contributed by atoms with Crippen LogP contribution in [0.25, 0.3) is 11.1 Å². The van der Waals surface area contributed by atoms with Crippen LogP contribution in [0.4, 0.5) is 0 Å². The number of aromatic nitrogens is 1. The maximum atomic E-state index is 12.0. The van der Waals surface area contributed by atoms with Gasteiger partial charge in [-0.25, -0.2) is 10.6 Å². The van der Waals surface area contributed by atoms with E-state index in [-0.39, 0.29) is 5.91 Å². The largest absolute Gasteiger partial charge is 0.417 e. The van der Waals surface area contributed by atoms with E-state index >= 15 is 0 Å². The van der Waals surface area contributed by atoms with Gasteiger partial charge < -0.3 is 4.42 Å². The van der Waals surface area contributed by atoms with Crippen LogP contribution in [-0.4, -0.2) is 22.9 Å². The highest BCUT2D eigenvalue weighted by Gasteiger charge is 2.32. The summed E-state index contributed by atoms with van der Waals surface area (Å²) in [6, 6.07) is 5.14. The molecule has 2 rings (SSSR count). The fraction of sp³-hybridized carbons (Fsp3) is 0.333. The Labute approximate surface area is 103 Å². The molecule has 18 heavy (non-hydrogen) atoms. The standard InChI is InChI=1S/C12H15N3O3/c1-12(2,10(16)15(3)13)7-4-5-9-8(6-7)14-11(17)18-9/h4-6H,13H2,1-3H3,(H,14,17). The molecule has 6 heteroatoms. The number of carbonyl (C=O) groups excluding carboxylic acids is 1. The van der Waals surface area contributed by atoms with Gasteiger partial charge in [0.1, 0.15) is 0 Å². The second kappa shape index (κ2) is 3.99. The lowest BCUT2D eigenvalue weighted by atomic mass is 9.83. The number of likely N-dealkylation sites (N-methyl/N-ethyl adjacent to an activating group) is 1. The first-order valence-electron chi connectivity index (χ1n) is 5.48. The predicted octanol–water partition coefficient (Wildman–Crippen LogP) is 0.731. The summed E-state index contributed by atoms with van der Waals surface area (Å²) in [5, 5.41) is 1.06. The van der Waals surface area contributed by atoms with Gasteiger partial charge in [0.15, 0.2) is 5.58 Å². The molecule has 0 atom stereocenters. The molecule has 0 bridgehead atoms. The number of nitrogens with one attached hydrogen (secondary N) is 1. The molecule has 1 aromatic heterocycles. The van der Waals surface area contributed by atoms with Gasteiger partial charge in [0.05, 0.1) is 10.9 Å². The van der Waals surface area contributed by atoms with Crippen molar-refractivity contribution < 1.29 is 9.21 Å². The summed E-state index contributed by atoms with van der Waals surface area (Å²) in [4.78, 5) is 25.6. The van der Waals surface area contributed by atoms with Crippen molar-refractivity contribution in [3.05, 3.63) is 34.3 Å². The molecule has 0 saturated heterocycles. The van der Waals surface area contributed by atoms with Crippen molar-refractivity contribution in [2.75, 3.05) is 7.05 Å². The Morgan fingerprint density at radius 2 is 2.11 bits per heavy atom. The molecule has 96 valence electrons. The molecular formula is C12H15N3O3. The van der Waals surface area contributed by atoms with Crippen LogP contribution in [0.2, 0.25) is 0 Å². The predicted molar refractivity (Wildman–Crippen MR) is 66.8 cm³/mol. The minimum absolute atomic E-state index is 0.215. The lowest BCUT2D eigenvalue weighted by Crippen LogP contribution is -2.44. The number of hydrogen-bond donors (Lipinski definition) is 2. The maximum Gasteiger partial charge on any atom is 0.417 e. The van der Waals surface area contributed by atoms with Gasteiger partial charge in [0.2, 0.25) is 5.91 Å². The minimum Gasteiger partial charge on any atom is -0.408 e. The third kappa shape index (κ3) is 1.91. The monoisotopic (exact) mass is 249 g/mol. The smallest absolute Gasteiger partial charge is 0.408 e. The summed E-state index contributed by atoms with van der Waals surface area (Å²) in [7, 11) is 1.50. The number of nitrogens with two attached hydrogens (primary N) is 1. The molecule has 0 spiro atoms.